The fraction of sp³-hybridized carbons (Fsp3) is 0.316. The van der Waals surface area contributed by atoms with Crippen LogP contribution in [0, 0.1) is 0 Å². The topological polar surface area (TPSA) is 47.6 Å². The van der Waals surface area contributed by atoms with Crippen LogP contribution in [-0.2, 0) is 0 Å². The van der Waals surface area contributed by atoms with E-state index >= 15 is 0 Å². The van der Waals surface area contributed by atoms with Gasteiger partial charge in [0.05, 0.1) is 0 Å². The van der Waals surface area contributed by atoms with Gasteiger partial charge in [0.1, 0.15) is 0 Å². The molecular weight excluding hydrogens is 290 g/mol. The predicted octanol–water partition coefficient (Wildman–Crippen LogP) is 3.76. The first kappa shape index (κ1) is 15.4. The van der Waals surface area contributed by atoms with Gasteiger partial charge in [0.25, 0.3) is 5.91 Å². The first-order valence-electron chi connectivity index (χ1n) is 7.95. The van der Waals surface area contributed by atoms with Crippen molar-refractivity contribution in [3.63, 3.8) is 0 Å². The van der Waals surface area contributed by atoms with Gasteiger partial charge in [-0.1, -0.05) is 30.4 Å². The molecular formula is C19H21NO3. The summed E-state index contributed by atoms with van der Waals surface area (Å²) in [6.45, 7) is 2.25. The highest BCUT2D eigenvalue weighted by molar-refractivity contribution is 5.95. The lowest BCUT2D eigenvalue weighted by Gasteiger charge is -2.14. The number of fused-ring (bicyclic) bond motifs is 1. The lowest BCUT2D eigenvalue weighted by molar-refractivity contribution is 0.0938. The van der Waals surface area contributed by atoms with Crippen LogP contribution in [0.2, 0.25) is 0 Å². The number of amides is 1. The molecule has 23 heavy (non-hydrogen) atoms. The molecule has 2 aliphatic rings. The van der Waals surface area contributed by atoms with Gasteiger partial charge in [-0.2, -0.15) is 0 Å². The molecule has 1 aliphatic heterocycles. The van der Waals surface area contributed by atoms with Crippen LogP contribution in [0.25, 0.3) is 0 Å². The van der Waals surface area contributed by atoms with E-state index < -0.39 is 0 Å². The monoisotopic (exact) mass is 311 g/mol. The van der Waals surface area contributed by atoms with Crippen molar-refractivity contribution in [2.45, 2.75) is 32.2 Å². The number of nitrogens with one attached hydrogen (secondary N) is 1. The molecule has 1 amide bonds. The van der Waals surface area contributed by atoms with Gasteiger partial charge in [0.15, 0.2) is 11.5 Å². The van der Waals surface area contributed by atoms with Crippen molar-refractivity contribution in [1.29, 1.82) is 0 Å². The first-order valence-corrected chi connectivity index (χ1v) is 7.95. The van der Waals surface area contributed by atoms with Crippen LogP contribution in [-0.4, -0.2) is 18.7 Å². The highest BCUT2D eigenvalue weighted by Crippen LogP contribution is 2.32. The number of carbonyl (C=O) groups excluding carboxylic acids is 1. The number of hydrogen-bond acceptors (Lipinski definition) is 3. The van der Waals surface area contributed by atoms with Crippen LogP contribution < -0.4 is 14.8 Å². The second-order valence-electron chi connectivity index (χ2n) is 5.79. The quantitative estimate of drug-likeness (QED) is 0.900. The summed E-state index contributed by atoms with van der Waals surface area (Å²) in [6.07, 6.45) is 13.5. The molecule has 120 valence electrons. The van der Waals surface area contributed by atoms with Crippen LogP contribution in [0.4, 0.5) is 0 Å². The Morgan fingerprint density at radius 2 is 2.13 bits per heavy atom. The van der Waals surface area contributed by atoms with E-state index in [0.717, 1.165) is 19.3 Å². The first-order chi connectivity index (χ1) is 11.2. The van der Waals surface area contributed by atoms with Gasteiger partial charge in [-0.3, -0.25) is 4.79 Å². The van der Waals surface area contributed by atoms with Crippen molar-refractivity contribution in [1.82, 2.24) is 5.32 Å². The van der Waals surface area contributed by atoms with Gasteiger partial charge in [0.2, 0.25) is 6.79 Å². The summed E-state index contributed by atoms with van der Waals surface area (Å²) in [5.74, 6) is 1.24. The van der Waals surface area contributed by atoms with E-state index in [-0.39, 0.29) is 18.7 Å². The van der Waals surface area contributed by atoms with Gasteiger partial charge >= 0.3 is 0 Å². The molecule has 1 aliphatic carbocycles. The van der Waals surface area contributed by atoms with Crippen LogP contribution in [0.1, 0.15) is 36.5 Å². The minimum absolute atomic E-state index is 0.0823. The molecule has 4 heteroatoms. The van der Waals surface area contributed by atoms with Gasteiger partial charge in [-0.05, 0) is 50.0 Å². The molecule has 0 radical (unpaired) electrons. The second kappa shape index (κ2) is 7.18. The third-order valence-corrected chi connectivity index (χ3v) is 3.93. The van der Waals surface area contributed by atoms with Crippen LogP contribution in [0.3, 0.4) is 0 Å². The fourth-order valence-electron chi connectivity index (χ4n) is 2.59. The average molecular weight is 311 g/mol. The predicted molar refractivity (Wildman–Crippen MR) is 89.7 cm³/mol. The number of hydrogen-bond donors (Lipinski definition) is 1. The van der Waals surface area contributed by atoms with Gasteiger partial charge in [0, 0.05) is 11.6 Å². The Labute approximate surface area is 136 Å². The maximum Gasteiger partial charge on any atom is 0.251 e. The summed E-state index contributed by atoms with van der Waals surface area (Å²) in [6, 6.07) is 5.37. The number of rotatable bonds is 5. The lowest BCUT2D eigenvalue weighted by Crippen LogP contribution is -2.32. The molecule has 0 fully saturated rings. The van der Waals surface area contributed by atoms with Crippen molar-refractivity contribution in [3.8, 4) is 11.5 Å². The molecule has 0 spiro atoms. The maximum absolute atomic E-state index is 12.3. The zero-order valence-corrected chi connectivity index (χ0v) is 13.2. The number of allylic oxidation sites excluding steroid dienone is 6. The molecule has 1 atom stereocenters. The Bertz CT molecular complexity index is 673. The zero-order valence-electron chi connectivity index (χ0n) is 13.2. The Kier molecular flexibility index (Phi) is 4.81. The van der Waals surface area contributed by atoms with Crippen molar-refractivity contribution >= 4 is 5.91 Å². The molecule has 0 saturated heterocycles. The van der Waals surface area contributed by atoms with Crippen molar-refractivity contribution in [2.75, 3.05) is 6.79 Å². The van der Waals surface area contributed by atoms with Gasteiger partial charge in [-0.15, -0.1) is 0 Å². The molecule has 0 saturated carbocycles. The molecule has 1 aromatic rings. The van der Waals surface area contributed by atoms with E-state index in [1.807, 2.05) is 6.92 Å². The normalized spacial score (nSPS) is 16.7. The molecule has 4 nitrogen and oxygen atoms in total. The standard InChI is InChI=1S/C19H21NO3/c1-14(8-9-15-6-4-2-3-5-7-15)20-19(21)16-10-11-17-18(12-16)23-13-22-17/h2,4-7,10-12,14H,3,8-9,13H2,1H3,(H,20,21). The van der Waals surface area contributed by atoms with Crippen LogP contribution >= 0.6 is 0 Å². The van der Waals surface area contributed by atoms with Gasteiger partial charge < -0.3 is 14.8 Å². The Morgan fingerprint density at radius 3 is 3.04 bits per heavy atom. The molecule has 1 aromatic carbocycles. The molecule has 0 bridgehead atoms. The lowest BCUT2D eigenvalue weighted by atomic mass is 10.1. The fourth-order valence-corrected chi connectivity index (χ4v) is 2.59. The van der Waals surface area contributed by atoms with Crippen molar-refractivity contribution in [3.05, 3.63) is 59.7 Å². The third-order valence-electron chi connectivity index (χ3n) is 3.93. The van der Waals surface area contributed by atoms with E-state index in [1.54, 1.807) is 18.2 Å². The van der Waals surface area contributed by atoms with Gasteiger partial charge in [-0.25, -0.2) is 0 Å². The van der Waals surface area contributed by atoms with E-state index in [2.05, 4.69) is 35.7 Å². The second-order valence-corrected chi connectivity index (χ2v) is 5.79. The summed E-state index contributed by atoms with van der Waals surface area (Å²) in [5, 5.41) is 3.04. The van der Waals surface area contributed by atoms with E-state index in [4.69, 9.17) is 9.47 Å². The van der Waals surface area contributed by atoms with E-state index in [0.29, 0.717) is 17.1 Å². The summed E-state index contributed by atoms with van der Waals surface area (Å²) >= 11 is 0. The van der Waals surface area contributed by atoms with Crippen LogP contribution in [0.5, 0.6) is 11.5 Å². The zero-order chi connectivity index (χ0) is 16.1. The molecule has 3 rings (SSSR count). The Hall–Kier alpha value is -2.49. The smallest absolute Gasteiger partial charge is 0.251 e. The Morgan fingerprint density at radius 1 is 1.26 bits per heavy atom. The van der Waals surface area contributed by atoms with Crippen molar-refractivity contribution in [2.24, 2.45) is 0 Å². The highest BCUT2D eigenvalue weighted by atomic mass is 16.7. The summed E-state index contributed by atoms with van der Waals surface area (Å²) < 4.78 is 10.6. The third kappa shape index (κ3) is 4.03. The number of benzene rings is 1. The van der Waals surface area contributed by atoms with E-state index in [1.165, 1.54) is 5.57 Å². The maximum atomic E-state index is 12.3. The molecule has 1 heterocycles. The molecule has 1 N–H and O–H groups in total. The highest BCUT2D eigenvalue weighted by Gasteiger charge is 2.17. The molecule has 1 unspecified atom stereocenters. The minimum atomic E-state index is -0.0823. The largest absolute Gasteiger partial charge is 0.454 e. The van der Waals surface area contributed by atoms with Crippen molar-refractivity contribution < 1.29 is 14.3 Å². The molecule has 0 aromatic heterocycles. The number of ether oxygens (including phenoxy) is 2. The number of carbonyl (C=O) groups is 1. The van der Waals surface area contributed by atoms with Crippen LogP contribution in [0.15, 0.2) is 54.2 Å². The minimum Gasteiger partial charge on any atom is -0.454 e. The van der Waals surface area contributed by atoms with E-state index in [9.17, 15) is 4.79 Å². The average Bonchev–Trinajstić information content (AvgIpc) is 2.86. The summed E-state index contributed by atoms with van der Waals surface area (Å²) in [5.41, 5.74) is 1.89. The summed E-state index contributed by atoms with van der Waals surface area (Å²) in [7, 11) is 0. The SMILES string of the molecule is CC(CCC1=CC=CCC=C1)NC(=O)c1ccc2c(c1)OCO2. The Balaban J connectivity index is 1.53. The summed E-state index contributed by atoms with van der Waals surface area (Å²) in [4.78, 5) is 12.3.